The minimum Gasteiger partial charge on any atom is -0.378 e. The Hall–Kier alpha value is -1.42. The van der Waals surface area contributed by atoms with Gasteiger partial charge in [-0.1, -0.05) is 27.7 Å². The van der Waals surface area contributed by atoms with Crippen LogP contribution in [0.3, 0.4) is 0 Å². The van der Waals surface area contributed by atoms with E-state index in [4.69, 9.17) is 10.5 Å². The van der Waals surface area contributed by atoms with Crippen molar-refractivity contribution in [2.45, 2.75) is 52.6 Å². The number of carbonyl (C=O) groups excluding carboxylic acids is 1. The van der Waals surface area contributed by atoms with Crippen LogP contribution in [-0.4, -0.2) is 18.0 Å². The third-order valence-electron chi connectivity index (χ3n) is 3.06. The SMILES string of the molecule is COCc1cc(C(C)C)c(CC(N)=O)c(C(C)C)n1. The lowest BCUT2D eigenvalue weighted by Crippen LogP contribution is -2.19. The van der Waals surface area contributed by atoms with Crippen molar-refractivity contribution in [3.63, 3.8) is 0 Å². The number of ether oxygens (including phenoxy) is 1. The summed E-state index contributed by atoms with van der Waals surface area (Å²) in [5, 5.41) is 0. The van der Waals surface area contributed by atoms with Crippen molar-refractivity contribution in [2.24, 2.45) is 5.73 Å². The van der Waals surface area contributed by atoms with Gasteiger partial charge in [0.2, 0.25) is 5.91 Å². The van der Waals surface area contributed by atoms with E-state index in [0.717, 1.165) is 22.5 Å². The lowest BCUT2D eigenvalue weighted by Gasteiger charge is -2.19. The largest absolute Gasteiger partial charge is 0.378 e. The van der Waals surface area contributed by atoms with Crippen LogP contribution in [0.2, 0.25) is 0 Å². The zero-order valence-corrected chi connectivity index (χ0v) is 12.5. The maximum Gasteiger partial charge on any atom is 0.221 e. The molecule has 1 amide bonds. The molecule has 0 aliphatic rings. The average molecular weight is 264 g/mol. The summed E-state index contributed by atoms with van der Waals surface area (Å²) in [6, 6.07) is 2.03. The summed E-state index contributed by atoms with van der Waals surface area (Å²) >= 11 is 0. The van der Waals surface area contributed by atoms with Crippen molar-refractivity contribution in [3.05, 3.63) is 28.6 Å². The fourth-order valence-corrected chi connectivity index (χ4v) is 2.25. The highest BCUT2D eigenvalue weighted by Crippen LogP contribution is 2.28. The third kappa shape index (κ3) is 4.03. The van der Waals surface area contributed by atoms with Gasteiger partial charge in [0.25, 0.3) is 0 Å². The summed E-state index contributed by atoms with van der Waals surface area (Å²) in [4.78, 5) is 15.9. The Kier molecular flexibility index (Phi) is 5.48. The molecule has 0 aliphatic carbocycles. The molecular formula is C15H24N2O2. The van der Waals surface area contributed by atoms with Crippen LogP contribution < -0.4 is 5.73 Å². The first-order valence-electron chi connectivity index (χ1n) is 6.66. The van der Waals surface area contributed by atoms with Crippen LogP contribution in [0.4, 0.5) is 0 Å². The molecule has 0 spiro atoms. The highest BCUT2D eigenvalue weighted by Gasteiger charge is 2.18. The number of hydrogen-bond donors (Lipinski definition) is 1. The molecule has 1 heterocycles. The van der Waals surface area contributed by atoms with Gasteiger partial charge in [0.1, 0.15) is 0 Å². The number of nitrogens with zero attached hydrogens (tertiary/aromatic N) is 1. The Bertz CT molecular complexity index is 424. The zero-order chi connectivity index (χ0) is 14.6. The van der Waals surface area contributed by atoms with Gasteiger partial charge in [-0.15, -0.1) is 0 Å². The van der Waals surface area contributed by atoms with Crippen molar-refractivity contribution in [1.29, 1.82) is 0 Å². The molecule has 0 bridgehead atoms. The monoisotopic (exact) mass is 264 g/mol. The molecule has 2 N–H and O–H groups in total. The maximum atomic E-state index is 11.3. The number of methoxy groups -OCH3 is 1. The van der Waals surface area contributed by atoms with Crippen LogP contribution in [0.1, 0.15) is 62.0 Å². The lowest BCUT2D eigenvalue weighted by molar-refractivity contribution is -0.117. The summed E-state index contributed by atoms with van der Waals surface area (Å²) in [5.74, 6) is 0.263. The Morgan fingerprint density at radius 1 is 1.32 bits per heavy atom. The molecule has 1 aromatic rings. The molecule has 0 unspecified atom stereocenters. The summed E-state index contributed by atoms with van der Waals surface area (Å²) < 4.78 is 5.16. The molecule has 0 aliphatic heterocycles. The average Bonchev–Trinajstić information content (AvgIpc) is 2.29. The first-order chi connectivity index (χ1) is 8.86. The molecule has 0 radical (unpaired) electrons. The van der Waals surface area contributed by atoms with Crippen molar-refractivity contribution in [2.75, 3.05) is 7.11 Å². The second-order valence-electron chi connectivity index (χ2n) is 5.45. The molecule has 0 saturated heterocycles. The fourth-order valence-electron chi connectivity index (χ4n) is 2.25. The standard InChI is InChI=1S/C15H24N2O2/c1-9(2)12-6-11(8-19-5)17-15(10(3)4)13(12)7-14(16)18/h6,9-10H,7-8H2,1-5H3,(H2,16,18). The van der Waals surface area contributed by atoms with Crippen LogP contribution in [-0.2, 0) is 22.6 Å². The molecule has 4 heteroatoms. The van der Waals surface area contributed by atoms with E-state index in [0.29, 0.717) is 12.5 Å². The van der Waals surface area contributed by atoms with E-state index in [-0.39, 0.29) is 18.2 Å². The Labute approximate surface area is 115 Å². The molecule has 1 rings (SSSR count). The molecule has 19 heavy (non-hydrogen) atoms. The normalized spacial score (nSPS) is 11.3. The molecule has 0 saturated carbocycles. The second kappa shape index (κ2) is 6.66. The third-order valence-corrected chi connectivity index (χ3v) is 3.06. The number of pyridine rings is 1. The van der Waals surface area contributed by atoms with Gasteiger partial charge in [0.05, 0.1) is 18.7 Å². The van der Waals surface area contributed by atoms with Gasteiger partial charge in [0, 0.05) is 12.8 Å². The van der Waals surface area contributed by atoms with Crippen molar-refractivity contribution >= 4 is 5.91 Å². The number of hydrogen-bond acceptors (Lipinski definition) is 3. The number of primary amides is 1. The van der Waals surface area contributed by atoms with Gasteiger partial charge in [-0.3, -0.25) is 9.78 Å². The Balaban J connectivity index is 3.41. The number of amides is 1. The molecule has 0 aromatic carbocycles. The first kappa shape index (κ1) is 15.6. The fraction of sp³-hybridized carbons (Fsp3) is 0.600. The van der Waals surface area contributed by atoms with E-state index in [1.54, 1.807) is 7.11 Å². The summed E-state index contributed by atoms with van der Waals surface area (Å²) in [6.07, 6.45) is 0.251. The predicted octanol–water partition coefficient (Wildman–Crippen LogP) is 2.50. The minimum absolute atomic E-state index is 0.251. The molecule has 0 fully saturated rings. The highest BCUT2D eigenvalue weighted by atomic mass is 16.5. The number of carbonyl (C=O) groups is 1. The Morgan fingerprint density at radius 2 is 1.95 bits per heavy atom. The van der Waals surface area contributed by atoms with E-state index in [1.807, 2.05) is 6.07 Å². The lowest BCUT2D eigenvalue weighted by atomic mass is 9.90. The summed E-state index contributed by atoms with van der Waals surface area (Å²) in [5.41, 5.74) is 9.36. The first-order valence-corrected chi connectivity index (χ1v) is 6.66. The van der Waals surface area contributed by atoms with Crippen molar-refractivity contribution in [3.8, 4) is 0 Å². The van der Waals surface area contributed by atoms with E-state index >= 15 is 0 Å². The van der Waals surface area contributed by atoms with Gasteiger partial charge >= 0.3 is 0 Å². The van der Waals surface area contributed by atoms with E-state index in [1.165, 1.54) is 0 Å². The molecule has 1 aromatic heterocycles. The Morgan fingerprint density at radius 3 is 2.37 bits per heavy atom. The smallest absolute Gasteiger partial charge is 0.221 e. The zero-order valence-electron chi connectivity index (χ0n) is 12.5. The van der Waals surface area contributed by atoms with Gasteiger partial charge in [-0.2, -0.15) is 0 Å². The van der Waals surface area contributed by atoms with Crippen LogP contribution in [0.15, 0.2) is 6.07 Å². The molecule has 4 nitrogen and oxygen atoms in total. The second-order valence-corrected chi connectivity index (χ2v) is 5.45. The van der Waals surface area contributed by atoms with Gasteiger partial charge < -0.3 is 10.5 Å². The topological polar surface area (TPSA) is 65.2 Å². The number of nitrogens with two attached hydrogens (primary N) is 1. The minimum atomic E-state index is -0.315. The van der Waals surface area contributed by atoms with E-state index in [2.05, 4.69) is 32.7 Å². The highest BCUT2D eigenvalue weighted by molar-refractivity contribution is 5.77. The maximum absolute atomic E-state index is 11.3. The van der Waals surface area contributed by atoms with Crippen LogP contribution in [0, 0.1) is 0 Å². The molecular weight excluding hydrogens is 240 g/mol. The number of rotatable bonds is 6. The molecule has 106 valence electrons. The van der Waals surface area contributed by atoms with Gasteiger partial charge in [-0.25, -0.2) is 0 Å². The van der Waals surface area contributed by atoms with Crippen LogP contribution in [0.5, 0.6) is 0 Å². The van der Waals surface area contributed by atoms with Crippen molar-refractivity contribution < 1.29 is 9.53 Å². The predicted molar refractivity (Wildman–Crippen MR) is 76.0 cm³/mol. The summed E-state index contributed by atoms with van der Waals surface area (Å²) in [7, 11) is 1.66. The van der Waals surface area contributed by atoms with E-state index < -0.39 is 0 Å². The summed E-state index contributed by atoms with van der Waals surface area (Å²) in [6.45, 7) is 8.86. The van der Waals surface area contributed by atoms with Gasteiger partial charge in [-0.05, 0) is 29.0 Å². The quantitative estimate of drug-likeness (QED) is 0.858. The van der Waals surface area contributed by atoms with Crippen LogP contribution in [0.25, 0.3) is 0 Å². The van der Waals surface area contributed by atoms with Crippen LogP contribution >= 0.6 is 0 Å². The molecule has 0 atom stereocenters. The van der Waals surface area contributed by atoms with Gasteiger partial charge in [0.15, 0.2) is 0 Å². The van der Waals surface area contributed by atoms with Crippen molar-refractivity contribution in [1.82, 2.24) is 4.98 Å². The van der Waals surface area contributed by atoms with E-state index in [9.17, 15) is 4.79 Å². The number of aromatic nitrogens is 1.